The van der Waals surface area contributed by atoms with Crippen molar-refractivity contribution in [3.63, 3.8) is 0 Å². The Bertz CT molecular complexity index is 1140. The van der Waals surface area contributed by atoms with Gasteiger partial charge in [-0.3, -0.25) is 19.9 Å². The molecule has 7 heteroatoms. The lowest BCUT2D eigenvalue weighted by molar-refractivity contribution is -0.114. The van der Waals surface area contributed by atoms with Crippen molar-refractivity contribution >= 4 is 40.0 Å². The number of carbonyl (C=O) groups is 2. The number of aromatic hydroxyl groups is 1. The largest absolute Gasteiger partial charge is 0.507 e. The molecule has 0 atom stereocenters. The van der Waals surface area contributed by atoms with E-state index in [9.17, 15) is 14.7 Å². The summed E-state index contributed by atoms with van der Waals surface area (Å²) in [6.07, 6.45) is 4.95. The Morgan fingerprint density at radius 1 is 0.966 bits per heavy atom. The number of amides is 2. The van der Waals surface area contributed by atoms with Crippen LogP contribution >= 0.6 is 22.6 Å². The minimum Gasteiger partial charge on any atom is -0.507 e. The number of hydrogen-bond donors (Lipinski definition) is 3. The van der Waals surface area contributed by atoms with E-state index in [1.54, 1.807) is 30.7 Å². The van der Waals surface area contributed by atoms with Gasteiger partial charge in [0.25, 0.3) is 11.8 Å². The summed E-state index contributed by atoms with van der Waals surface area (Å²) < 4.78 is 0.936. The summed E-state index contributed by atoms with van der Waals surface area (Å²) in [5.74, 6) is -0.660. The molecule has 1 aromatic heterocycles. The van der Waals surface area contributed by atoms with Gasteiger partial charge in [-0.15, -0.1) is 0 Å². The minimum absolute atomic E-state index is 0.170. The van der Waals surface area contributed by atoms with Crippen LogP contribution in [0.2, 0.25) is 0 Å². The average molecular weight is 497 g/mol. The summed E-state index contributed by atoms with van der Waals surface area (Å²) in [4.78, 5) is 28.3. The number of rotatable bonds is 4. The Morgan fingerprint density at radius 3 is 2.48 bits per heavy atom. The average Bonchev–Trinajstić information content (AvgIpc) is 2.71. The first kappa shape index (κ1) is 19.1. The molecule has 1 aliphatic heterocycles. The Labute approximate surface area is 180 Å². The fraction of sp³-hybridized carbons (Fsp3) is 0.0455. The van der Waals surface area contributed by atoms with Crippen LogP contribution in [0.3, 0.4) is 0 Å². The first-order chi connectivity index (χ1) is 14.0. The van der Waals surface area contributed by atoms with Crippen molar-refractivity contribution in [2.24, 2.45) is 0 Å². The molecule has 3 N–H and O–H groups in total. The van der Waals surface area contributed by atoms with Gasteiger partial charge in [0.15, 0.2) is 0 Å². The number of aromatic nitrogens is 1. The standard InChI is InChI=1S/C22H16IN3O3/c23-15-2-4-17-18(10-15)19(22(29)26-21(17)28)12-25-11-13-1-3-16(20(27)9-13)14-5-7-24-8-6-14/h1-10,12,25,27H,11H2,(H,26,28,29)/b19-12-. The molecule has 2 amide bonds. The van der Waals surface area contributed by atoms with Crippen LogP contribution < -0.4 is 10.6 Å². The monoisotopic (exact) mass is 497 g/mol. The summed E-state index contributed by atoms with van der Waals surface area (Å²) in [6.45, 7) is 0.411. The van der Waals surface area contributed by atoms with Crippen molar-refractivity contribution in [1.82, 2.24) is 15.6 Å². The van der Waals surface area contributed by atoms with Crippen LogP contribution in [0.25, 0.3) is 16.7 Å². The van der Waals surface area contributed by atoms with Gasteiger partial charge in [-0.25, -0.2) is 0 Å². The van der Waals surface area contributed by atoms with E-state index in [4.69, 9.17) is 0 Å². The third-order valence-corrected chi connectivity index (χ3v) is 5.27. The molecule has 2 aromatic carbocycles. The molecular weight excluding hydrogens is 481 g/mol. The number of nitrogens with zero attached hydrogens (tertiary/aromatic N) is 1. The van der Waals surface area contributed by atoms with Crippen molar-refractivity contribution in [2.45, 2.75) is 6.54 Å². The molecule has 0 bridgehead atoms. The zero-order valence-corrected chi connectivity index (χ0v) is 17.3. The second kappa shape index (κ2) is 8.04. The highest BCUT2D eigenvalue weighted by Gasteiger charge is 2.27. The Balaban J connectivity index is 1.54. The van der Waals surface area contributed by atoms with E-state index < -0.39 is 11.8 Å². The summed E-state index contributed by atoms with van der Waals surface area (Å²) in [6, 6.07) is 14.5. The number of carbonyl (C=O) groups excluding carboxylic acids is 2. The molecule has 0 fully saturated rings. The van der Waals surface area contributed by atoms with Crippen LogP contribution in [0.15, 0.2) is 67.1 Å². The number of nitrogens with one attached hydrogen (secondary N) is 2. The molecule has 29 heavy (non-hydrogen) atoms. The van der Waals surface area contributed by atoms with Gasteiger partial charge < -0.3 is 10.4 Å². The molecule has 0 aliphatic carbocycles. The Hall–Kier alpha value is -3.20. The van der Waals surface area contributed by atoms with Crippen LogP contribution in [0.1, 0.15) is 21.5 Å². The van der Waals surface area contributed by atoms with Gasteiger partial charge in [0.2, 0.25) is 0 Å². The molecule has 0 spiro atoms. The normalized spacial score (nSPS) is 14.4. The third kappa shape index (κ3) is 4.00. The minimum atomic E-state index is -0.437. The molecule has 0 unspecified atom stereocenters. The molecule has 144 valence electrons. The maximum absolute atomic E-state index is 12.3. The topological polar surface area (TPSA) is 91.3 Å². The van der Waals surface area contributed by atoms with E-state index in [0.29, 0.717) is 23.2 Å². The summed E-state index contributed by atoms with van der Waals surface area (Å²) in [7, 11) is 0. The molecule has 1 aliphatic rings. The second-order valence-corrected chi connectivity index (χ2v) is 7.75. The van der Waals surface area contributed by atoms with E-state index in [2.05, 4.69) is 38.2 Å². The maximum Gasteiger partial charge on any atom is 0.260 e. The highest BCUT2D eigenvalue weighted by Crippen LogP contribution is 2.29. The van der Waals surface area contributed by atoms with Gasteiger partial charge in [-0.2, -0.15) is 0 Å². The Kier molecular flexibility index (Phi) is 5.30. The van der Waals surface area contributed by atoms with E-state index in [1.807, 2.05) is 36.4 Å². The number of phenolic OH excluding ortho intramolecular Hbond substituents is 1. The van der Waals surface area contributed by atoms with E-state index >= 15 is 0 Å². The molecule has 4 rings (SSSR count). The molecule has 0 saturated heterocycles. The van der Waals surface area contributed by atoms with Crippen LogP contribution in [0, 0.1) is 3.57 Å². The first-order valence-electron chi connectivity index (χ1n) is 8.84. The summed E-state index contributed by atoms with van der Waals surface area (Å²) in [5, 5.41) is 15.8. The van der Waals surface area contributed by atoms with Crippen molar-refractivity contribution < 1.29 is 14.7 Å². The predicted octanol–water partition coefficient (Wildman–Crippen LogP) is 3.46. The van der Waals surface area contributed by atoms with Crippen LogP contribution in [0.5, 0.6) is 5.75 Å². The van der Waals surface area contributed by atoms with Gasteiger partial charge in [0.1, 0.15) is 5.75 Å². The van der Waals surface area contributed by atoms with Gasteiger partial charge in [0, 0.05) is 45.4 Å². The maximum atomic E-state index is 12.3. The molecular formula is C22H16IN3O3. The number of halogens is 1. The Morgan fingerprint density at radius 2 is 1.72 bits per heavy atom. The summed E-state index contributed by atoms with van der Waals surface area (Å²) >= 11 is 2.15. The number of phenols is 1. The second-order valence-electron chi connectivity index (χ2n) is 6.50. The van der Waals surface area contributed by atoms with Gasteiger partial charge >= 0.3 is 0 Å². The van der Waals surface area contributed by atoms with E-state index in [-0.39, 0.29) is 5.75 Å². The van der Waals surface area contributed by atoms with Crippen LogP contribution in [-0.2, 0) is 11.3 Å². The first-order valence-corrected chi connectivity index (χ1v) is 9.92. The van der Waals surface area contributed by atoms with Crippen molar-refractivity contribution in [3.05, 3.63) is 87.4 Å². The number of pyridine rings is 1. The number of hydrogen-bond acceptors (Lipinski definition) is 5. The fourth-order valence-corrected chi connectivity index (χ4v) is 3.67. The lowest BCUT2D eigenvalue weighted by Crippen LogP contribution is -2.37. The lowest BCUT2D eigenvalue weighted by atomic mass is 9.95. The lowest BCUT2D eigenvalue weighted by Gasteiger charge is -2.18. The fourth-order valence-electron chi connectivity index (χ4n) is 3.17. The van der Waals surface area contributed by atoms with Gasteiger partial charge in [-0.1, -0.05) is 12.1 Å². The smallest absolute Gasteiger partial charge is 0.260 e. The van der Waals surface area contributed by atoms with Gasteiger partial charge in [0.05, 0.1) is 5.57 Å². The van der Waals surface area contributed by atoms with Crippen molar-refractivity contribution in [3.8, 4) is 16.9 Å². The number of fused-ring (bicyclic) bond motifs is 1. The molecule has 3 aromatic rings. The zero-order valence-electron chi connectivity index (χ0n) is 15.1. The van der Waals surface area contributed by atoms with Crippen LogP contribution in [-0.4, -0.2) is 21.9 Å². The van der Waals surface area contributed by atoms with Crippen molar-refractivity contribution in [1.29, 1.82) is 0 Å². The quantitative estimate of drug-likeness (QED) is 0.292. The molecule has 0 radical (unpaired) electrons. The third-order valence-electron chi connectivity index (χ3n) is 4.59. The molecule has 6 nitrogen and oxygen atoms in total. The molecule has 2 heterocycles. The highest BCUT2D eigenvalue weighted by atomic mass is 127. The number of imide groups is 1. The van der Waals surface area contributed by atoms with Crippen LogP contribution in [0.4, 0.5) is 0 Å². The van der Waals surface area contributed by atoms with E-state index in [0.717, 1.165) is 20.3 Å². The van der Waals surface area contributed by atoms with E-state index in [1.165, 1.54) is 0 Å². The molecule has 0 saturated carbocycles. The zero-order chi connectivity index (χ0) is 20.4. The van der Waals surface area contributed by atoms with Gasteiger partial charge in [-0.05, 0) is 70.1 Å². The predicted molar refractivity (Wildman–Crippen MR) is 118 cm³/mol. The SMILES string of the molecule is O=C1NC(=O)c2ccc(I)cc2/C1=C/NCc1ccc(-c2ccncc2)c(O)c1. The highest BCUT2D eigenvalue weighted by molar-refractivity contribution is 14.1. The van der Waals surface area contributed by atoms with Crippen molar-refractivity contribution in [2.75, 3.05) is 0 Å². The number of benzene rings is 2. The summed E-state index contributed by atoms with van der Waals surface area (Å²) in [5.41, 5.74) is 3.94.